The molecule has 0 saturated heterocycles. The summed E-state index contributed by atoms with van der Waals surface area (Å²) < 4.78 is 0. The molecular weight excluding hydrogens is 1290 g/mol. The zero-order chi connectivity index (χ0) is 52.8. The molecule has 79 heavy (non-hydrogen) atoms. The Hall–Kier alpha value is -4.76. The summed E-state index contributed by atoms with van der Waals surface area (Å²) in [5, 5.41) is 9.34. The Labute approximate surface area is 522 Å². The van der Waals surface area contributed by atoms with Gasteiger partial charge in [0.25, 0.3) is 0 Å². The third-order valence-electron chi connectivity index (χ3n) is 16.3. The number of fused-ring (bicyclic) bond motifs is 4. The van der Waals surface area contributed by atoms with Crippen molar-refractivity contribution in [2.75, 3.05) is 0 Å². The number of hydrogen-bond acceptors (Lipinski definition) is 0. The number of benzene rings is 4. The van der Waals surface area contributed by atoms with E-state index in [4.69, 9.17) is 46.4 Å². The van der Waals surface area contributed by atoms with Gasteiger partial charge in [0.05, 0.1) is 0 Å². The monoisotopic (exact) mass is 1350 g/mol. The van der Waals surface area contributed by atoms with Crippen LogP contribution in [-0.4, -0.2) is 17.6 Å². The molecule has 4 aliphatic carbocycles. The van der Waals surface area contributed by atoms with E-state index in [-0.39, 0.29) is 74.3 Å². The van der Waals surface area contributed by atoms with Crippen molar-refractivity contribution in [1.29, 1.82) is 0 Å². The van der Waals surface area contributed by atoms with Gasteiger partial charge in [0.15, 0.2) is 0 Å². The quantitative estimate of drug-likeness (QED) is 0.105. The molecule has 0 spiro atoms. The van der Waals surface area contributed by atoms with Crippen molar-refractivity contribution in [2.45, 2.75) is 64.5 Å². The number of aryl methyl sites for hydroxylation is 4. The fraction of sp³-hybridized carbons (Fsp3) is 0.143. The smallest absolute Gasteiger partial charge is 0.0406 e. The van der Waals surface area contributed by atoms with Gasteiger partial charge in [-0.25, -0.2) is 0 Å². The maximum Gasteiger partial charge on any atom is 0.0406 e. The van der Waals surface area contributed by atoms with Crippen LogP contribution in [-0.2, 0) is 25.8 Å². The van der Waals surface area contributed by atoms with Crippen molar-refractivity contribution < 1.29 is 50.7 Å². The normalized spacial score (nSPS) is 17.9. The Morgan fingerprint density at radius 3 is 0.696 bits per heavy atom. The van der Waals surface area contributed by atoms with Crippen LogP contribution in [0.15, 0.2) is 194 Å². The van der Waals surface area contributed by atoms with Gasteiger partial charge in [-0.2, -0.15) is 68.8 Å². The molecule has 12 rings (SSSR count). The van der Waals surface area contributed by atoms with Gasteiger partial charge in [0.2, 0.25) is 0 Å². The maximum atomic E-state index is 6.21. The van der Waals surface area contributed by atoms with Crippen molar-refractivity contribution in [3.05, 3.63) is 303 Å². The minimum absolute atomic E-state index is 0. The second-order valence-corrected chi connectivity index (χ2v) is 27.9. The average molecular weight is 1350 g/mol. The minimum Gasteiger partial charge on any atom is -1.00 e. The summed E-state index contributed by atoms with van der Waals surface area (Å²) in [7, 11) is -3.06. The molecule has 8 aromatic rings. The van der Waals surface area contributed by atoms with Crippen molar-refractivity contribution in [2.24, 2.45) is 0 Å². The molecule has 0 amide bonds. The second kappa shape index (κ2) is 26.0. The Kier molecular flexibility index (Phi) is 19.9. The van der Waals surface area contributed by atoms with E-state index in [1.54, 1.807) is 20.7 Å². The first-order chi connectivity index (χ1) is 36.8. The van der Waals surface area contributed by atoms with Gasteiger partial charge >= 0.3 is 0 Å². The van der Waals surface area contributed by atoms with Crippen molar-refractivity contribution in [3.8, 4) is 0 Å². The predicted molar refractivity (Wildman–Crippen MR) is 338 cm³/mol. The van der Waals surface area contributed by atoms with Gasteiger partial charge in [0, 0.05) is 63.5 Å². The number of rotatable bonds is 8. The zero-order valence-corrected chi connectivity index (χ0v) is 55.5. The first-order valence-electron chi connectivity index (χ1n) is 26.5. The maximum absolute atomic E-state index is 6.21. The van der Waals surface area contributed by atoms with Crippen molar-refractivity contribution in [3.63, 3.8) is 0 Å². The van der Waals surface area contributed by atoms with E-state index >= 15 is 0 Å². The van der Waals surface area contributed by atoms with E-state index in [9.17, 15) is 0 Å². The summed E-state index contributed by atoms with van der Waals surface area (Å²) in [6.45, 7) is 14.2. The fourth-order valence-electron chi connectivity index (χ4n) is 13.0. The van der Waals surface area contributed by atoms with E-state index in [1.807, 2.05) is 48.5 Å². The number of halogens is 6. The van der Waals surface area contributed by atoms with Gasteiger partial charge < -0.3 is 24.8 Å². The molecule has 0 N–H and O–H groups in total. The van der Waals surface area contributed by atoms with Crippen LogP contribution in [0.2, 0.25) is 33.2 Å². The first-order valence-corrected chi connectivity index (χ1v) is 32.6. The molecule has 0 nitrogen and oxygen atoms in total. The molecule has 400 valence electrons. The average Bonchev–Trinajstić information content (AvgIpc) is 4.17. The molecule has 0 aromatic heterocycles. The summed E-state index contributed by atoms with van der Waals surface area (Å²) in [5.74, 6) is 0.897. The first kappa shape index (κ1) is 60.3. The van der Waals surface area contributed by atoms with Gasteiger partial charge in [-0.15, -0.1) is 91.6 Å². The Bertz CT molecular complexity index is 3230. The molecule has 8 aromatic carbocycles. The standard InChI is InChI=1S/2C35H30Cl2Si.2ClH.Hf/c2*1-22-20-32-28(24-12-16-26(36)17-13-24)8-4-6-10-30(32)34(22)38(3)35-23(2)21-33-29(9-5-7-11-31(33)35)25-14-18-27(37)19-15-25;;;/h2*4-21,28-29,38H,1-3H3;2*1H;/q2*-2;;;/p-2. The molecule has 0 aliphatic heterocycles. The van der Waals surface area contributed by atoms with Crippen molar-refractivity contribution >= 4 is 109 Å². The van der Waals surface area contributed by atoms with Gasteiger partial charge in [0.1, 0.15) is 0 Å². The van der Waals surface area contributed by atoms with Gasteiger partial charge in [-0.3, -0.25) is 0 Å². The number of allylic oxidation sites excluding steroid dienone is 12. The summed E-state index contributed by atoms with van der Waals surface area (Å²) >= 11 is 24.8. The second-order valence-electron chi connectivity index (χ2n) is 21.0. The van der Waals surface area contributed by atoms with E-state index < -0.39 is 17.6 Å². The molecule has 9 heteroatoms. The summed E-state index contributed by atoms with van der Waals surface area (Å²) in [6, 6.07) is 43.0. The van der Waals surface area contributed by atoms with Crippen LogP contribution in [0, 0.1) is 27.7 Å². The summed E-state index contributed by atoms with van der Waals surface area (Å²) in [6.07, 6.45) is 36.2. The van der Waals surface area contributed by atoms with Gasteiger partial charge in [-0.1, -0.05) is 184 Å². The molecular formula is C70H60Cl6HfSi2-6. The Morgan fingerprint density at radius 1 is 0.316 bits per heavy atom. The molecule has 4 unspecified atom stereocenters. The van der Waals surface area contributed by atoms with Crippen LogP contribution in [0.1, 0.15) is 113 Å². The summed E-state index contributed by atoms with van der Waals surface area (Å²) in [4.78, 5) is 0. The largest absolute Gasteiger partial charge is 1.00 e. The van der Waals surface area contributed by atoms with Gasteiger partial charge in [-0.05, 0) is 94.5 Å². The molecule has 4 atom stereocenters. The molecule has 0 radical (unpaired) electrons. The third-order valence-corrected chi connectivity index (χ3v) is 23.8. The molecule has 4 aliphatic rings. The van der Waals surface area contributed by atoms with Crippen LogP contribution >= 0.6 is 46.4 Å². The molecule has 0 saturated carbocycles. The summed E-state index contributed by atoms with van der Waals surface area (Å²) in [5.41, 5.74) is 22.0. The van der Waals surface area contributed by atoms with E-state index in [1.165, 1.54) is 89.0 Å². The van der Waals surface area contributed by atoms with E-state index in [0.29, 0.717) is 0 Å². The molecule has 0 fully saturated rings. The van der Waals surface area contributed by atoms with Crippen LogP contribution in [0.3, 0.4) is 0 Å². The van der Waals surface area contributed by atoms with Crippen LogP contribution < -0.4 is 45.6 Å². The van der Waals surface area contributed by atoms with Crippen LogP contribution in [0.4, 0.5) is 0 Å². The Morgan fingerprint density at radius 2 is 0.506 bits per heavy atom. The van der Waals surface area contributed by atoms with Crippen molar-refractivity contribution in [1.82, 2.24) is 0 Å². The van der Waals surface area contributed by atoms with E-state index in [2.05, 4.69) is 211 Å². The predicted octanol–water partition coefficient (Wildman–Crippen LogP) is 10.9. The minimum atomic E-state index is -1.53. The van der Waals surface area contributed by atoms with Crippen LogP contribution in [0.5, 0.6) is 0 Å². The Balaban J connectivity index is 0.000000200. The van der Waals surface area contributed by atoms with Crippen LogP contribution in [0.25, 0.3) is 24.3 Å². The van der Waals surface area contributed by atoms with E-state index in [0.717, 1.165) is 20.1 Å². The zero-order valence-electron chi connectivity index (χ0n) is 45.0. The fourth-order valence-corrected chi connectivity index (χ4v) is 20.0. The molecule has 0 heterocycles. The topological polar surface area (TPSA) is 0 Å². The number of hydrogen-bond donors (Lipinski definition) is 0. The third kappa shape index (κ3) is 12.1. The SMILES string of the molecule is Cc1cc2c([c-]1[SiH](C)[c-]1c(C)cc3c1C=CC=CC3c1ccc(Cl)cc1)C=CC=CC2c1ccc(Cl)cc1.Cc1cc2c([c-]1[SiH](C)[c-]1c(C)cc3c1C=CC=CC3c1ccc(Cl)cc1)C=CC=CC2c1ccc(Cl)cc1.[Cl-].[Cl-].[Hf]. The molecule has 0 bridgehead atoms.